The Hall–Kier alpha value is -1.10. The third-order valence-corrected chi connectivity index (χ3v) is 4.73. The van der Waals surface area contributed by atoms with Crippen LogP contribution in [0.25, 0.3) is 0 Å². The van der Waals surface area contributed by atoms with Gasteiger partial charge in [0.05, 0.1) is 0 Å². The minimum Gasteiger partial charge on any atom is -0.344 e. The van der Waals surface area contributed by atoms with Crippen molar-refractivity contribution in [3.63, 3.8) is 0 Å². The number of carbonyl (C=O) groups is 2. The minimum atomic E-state index is -0.361. The summed E-state index contributed by atoms with van der Waals surface area (Å²) in [6, 6.07) is 0.411. The van der Waals surface area contributed by atoms with Crippen molar-refractivity contribution in [1.82, 2.24) is 15.1 Å². The summed E-state index contributed by atoms with van der Waals surface area (Å²) in [4.78, 5) is 28.8. The summed E-state index contributed by atoms with van der Waals surface area (Å²) in [5.41, 5.74) is 0. The zero-order valence-electron chi connectivity index (χ0n) is 13.1. The fraction of sp³-hybridized carbons (Fsp3) is 0.867. The molecule has 3 atom stereocenters. The largest absolute Gasteiger partial charge is 0.344 e. The second kappa shape index (κ2) is 6.12. The Balaban J connectivity index is 2.13. The third kappa shape index (κ3) is 3.14. The van der Waals surface area contributed by atoms with Gasteiger partial charge >= 0.3 is 0 Å². The SMILES string of the molecule is CC(C)C1NC(=O)CCN(C2CCN(C)C(C)C2)C1=O. The van der Waals surface area contributed by atoms with Gasteiger partial charge in [-0.2, -0.15) is 0 Å². The predicted molar refractivity (Wildman–Crippen MR) is 78.2 cm³/mol. The summed E-state index contributed by atoms with van der Waals surface area (Å²) in [5.74, 6) is 0.240. The van der Waals surface area contributed by atoms with E-state index >= 15 is 0 Å². The molecule has 2 heterocycles. The van der Waals surface area contributed by atoms with Crippen LogP contribution in [0.3, 0.4) is 0 Å². The fourth-order valence-corrected chi connectivity index (χ4v) is 3.18. The van der Waals surface area contributed by atoms with Gasteiger partial charge in [0, 0.05) is 31.6 Å². The van der Waals surface area contributed by atoms with Crippen molar-refractivity contribution in [2.24, 2.45) is 5.92 Å². The molecule has 5 nitrogen and oxygen atoms in total. The summed E-state index contributed by atoms with van der Waals surface area (Å²) in [5, 5.41) is 2.88. The number of nitrogens with one attached hydrogen (secondary N) is 1. The van der Waals surface area contributed by atoms with Gasteiger partial charge in [-0.05, 0) is 32.7 Å². The minimum absolute atomic E-state index is 0.000487. The van der Waals surface area contributed by atoms with E-state index in [1.54, 1.807) is 0 Å². The van der Waals surface area contributed by atoms with Crippen LogP contribution in [0.1, 0.15) is 40.0 Å². The monoisotopic (exact) mass is 281 g/mol. The van der Waals surface area contributed by atoms with Crippen LogP contribution in [-0.4, -0.2) is 59.9 Å². The van der Waals surface area contributed by atoms with Crippen molar-refractivity contribution in [1.29, 1.82) is 0 Å². The van der Waals surface area contributed by atoms with Gasteiger partial charge in [-0.1, -0.05) is 13.8 Å². The van der Waals surface area contributed by atoms with Crippen LogP contribution in [0.4, 0.5) is 0 Å². The van der Waals surface area contributed by atoms with Crippen LogP contribution in [-0.2, 0) is 9.59 Å². The van der Waals surface area contributed by atoms with Gasteiger partial charge in [0.15, 0.2) is 0 Å². The van der Waals surface area contributed by atoms with Gasteiger partial charge in [-0.15, -0.1) is 0 Å². The molecular weight excluding hydrogens is 254 g/mol. The highest BCUT2D eigenvalue weighted by molar-refractivity contribution is 5.90. The number of likely N-dealkylation sites (tertiary alicyclic amines) is 1. The molecule has 0 aromatic rings. The fourth-order valence-electron chi connectivity index (χ4n) is 3.18. The Kier molecular flexibility index (Phi) is 4.68. The van der Waals surface area contributed by atoms with Gasteiger partial charge < -0.3 is 15.1 Å². The highest BCUT2D eigenvalue weighted by Crippen LogP contribution is 2.23. The lowest BCUT2D eigenvalue weighted by molar-refractivity contribution is -0.137. The maximum atomic E-state index is 12.7. The summed E-state index contributed by atoms with van der Waals surface area (Å²) in [6.45, 7) is 7.77. The van der Waals surface area contributed by atoms with Gasteiger partial charge in [-0.3, -0.25) is 9.59 Å². The average molecular weight is 281 g/mol. The van der Waals surface area contributed by atoms with Gasteiger partial charge in [0.1, 0.15) is 6.04 Å². The first-order valence-electron chi connectivity index (χ1n) is 7.70. The molecule has 2 aliphatic heterocycles. The first-order valence-corrected chi connectivity index (χ1v) is 7.70. The Bertz CT molecular complexity index is 383. The van der Waals surface area contributed by atoms with Crippen LogP contribution in [0, 0.1) is 5.92 Å². The molecule has 0 radical (unpaired) electrons. The van der Waals surface area contributed by atoms with E-state index in [0.29, 0.717) is 19.0 Å². The number of nitrogens with zero attached hydrogens (tertiary/aromatic N) is 2. The van der Waals surface area contributed by atoms with E-state index in [-0.39, 0.29) is 29.8 Å². The smallest absolute Gasteiger partial charge is 0.245 e. The van der Waals surface area contributed by atoms with Gasteiger partial charge in [-0.25, -0.2) is 0 Å². The molecule has 1 N–H and O–H groups in total. The highest BCUT2D eigenvalue weighted by Gasteiger charge is 2.37. The van der Waals surface area contributed by atoms with E-state index in [9.17, 15) is 9.59 Å². The van der Waals surface area contributed by atoms with Crippen molar-refractivity contribution >= 4 is 11.8 Å². The second-order valence-corrected chi connectivity index (χ2v) is 6.58. The van der Waals surface area contributed by atoms with Crippen molar-refractivity contribution in [3.05, 3.63) is 0 Å². The lowest BCUT2D eigenvalue weighted by Crippen LogP contribution is -2.54. The van der Waals surface area contributed by atoms with E-state index in [0.717, 1.165) is 19.4 Å². The summed E-state index contributed by atoms with van der Waals surface area (Å²) >= 11 is 0. The molecule has 2 aliphatic rings. The quantitative estimate of drug-likeness (QED) is 0.816. The molecule has 0 aliphatic carbocycles. The molecule has 5 heteroatoms. The molecule has 2 saturated heterocycles. The molecule has 0 bridgehead atoms. The summed E-state index contributed by atoms with van der Waals surface area (Å²) in [6.07, 6.45) is 2.43. The lowest BCUT2D eigenvalue weighted by Gasteiger charge is -2.41. The standard InChI is InChI=1S/C15H27N3O2/c1-10(2)14-15(20)18(8-6-13(19)16-14)12-5-7-17(4)11(3)9-12/h10-12,14H,5-9H2,1-4H3,(H,16,19). The summed E-state index contributed by atoms with van der Waals surface area (Å²) in [7, 11) is 2.13. The molecule has 2 fully saturated rings. The molecule has 3 unspecified atom stereocenters. The Labute approximate surface area is 121 Å². The van der Waals surface area contributed by atoms with E-state index in [1.807, 2.05) is 18.7 Å². The Morgan fingerprint density at radius 3 is 2.55 bits per heavy atom. The second-order valence-electron chi connectivity index (χ2n) is 6.58. The first kappa shape index (κ1) is 15.3. The predicted octanol–water partition coefficient (Wildman–Crippen LogP) is 0.842. The van der Waals surface area contributed by atoms with Crippen LogP contribution in [0.15, 0.2) is 0 Å². The van der Waals surface area contributed by atoms with E-state index in [1.165, 1.54) is 0 Å². The summed E-state index contributed by atoms with van der Waals surface area (Å²) < 4.78 is 0. The van der Waals surface area contributed by atoms with E-state index in [4.69, 9.17) is 0 Å². The number of hydrogen-bond donors (Lipinski definition) is 1. The van der Waals surface area contributed by atoms with Crippen LogP contribution in [0.5, 0.6) is 0 Å². The zero-order valence-corrected chi connectivity index (χ0v) is 13.1. The topological polar surface area (TPSA) is 52.7 Å². The molecular formula is C15H27N3O2. The number of carbonyl (C=O) groups excluding carboxylic acids is 2. The van der Waals surface area contributed by atoms with Crippen LogP contribution in [0.2, 0.25) is 0 Å². The zero-order chi connectivity index (χ0) is 14.9. The molecule has 2 amide bonds. The van der Waals surface area contributed by atoms with Crippen molar-refractivity contribution in [2.75, 3.05) is 20.1 Å². The highest BCUT2D eigenvalue weighted by atomic mass is 16.2. The van der Waals surface area contributed by atoms with Crippen LogP contribution >= 0.6 is 0 Å². The van der Waals surface area contributed by atoms with E-state index in [2.05, 4.69) is 24.2 Å². The van der Waals surface area contributed by atoms with Gasteiger partial charge in [0.2, 0.25) is 11.8 Å². The van der Waals surface area contributed by atoms with Crippen molar-refractivity contribution in [3.8, 4) is 0 Å². The molecule has 2 rings (SSSR count). The lowest BCUT2D eigenvalue weighted by atomic mass is 9.95. The molecule has 0 aromatic carbocycles. The average Bonchev–Trinajstić information content (AvgIpc) is 2.53. The maximum absolute atomic E-state index is 12.7. The van der Waals surface area contributed by atoms with Crippen molar-refractivity contribution in [2.45, 2.75) is 58.2 Å². The first-order chi connectivity index (χ1) is 9.40. The molecule has 0 spiro atoms. The number of rotatable bonds is 2. The molecule has 0 aromatic heterocycles. The van der Waals surface area contributed by atoms with Crippen molar-refractivity contribution < 1.29 is 9.59 Å². The van der Waals surface area contributed by atoms with E-state index < -0.39 is 0 Å². The molecule has 0 saturated carbocycles. The third-order valence-electron chi connectivity index (χ3n) is 4.73. The Morgan fingerprint density at radius 2 is 1.95 bits per heavy atom. The molecule has 20 heavy (non-hydrogen) atoms. The molecule has 114 valence electrons. The van der Waals surface area contributed by atoms with Gasteiger partial charge in [0.25, 0.3) is 0 Å². The number of piperidine rings is 1. The maximum Gasteiger partial charge on any atom is 0.245 e. The Morgan fingerprint density at radius 1 is 1.25 bits per heavy atom. The normalized spacial score (nSPS) is 33.2. The number of amides is 2. The van der Waals surface area contributed by atoms with Crippen LogP contribution < -0.4 is 5.32 Å². The number of hydrogen-bond acceptors (Lipinski definition) is 3.